The highest BCUT2D eigenvalue weighted by atomic mass is 16.6. The molecule has 1 atom stereocenters. The number of rotatable bonds is 3. The maximum Gasteiger partial charge on any atom is 0.410 e. The number of hydrogen-bond acceptors (Lipinski definition) is 6. The lowest BCUT2D eigenvalue weighted by molar-refractivity contribution is 0.0290. The van der Waals surface area contributed by atoms with Gasteiger partial charge < -0.3 is 19.5 Å². The number of carbonyl (C=O) groups excluding carboxylic acids is 2. The van der Waals surface area contributed by atoms with Crippen molar-refractivity contribution in [2.45, 2.75) is 38.8 Å². The molecule has 8 nitrogen and oxygen atoms in total. The zero-order chi connectivity index (χ0) is 18.7. The van der Waals surface area contributed by atoms with Crippen LogP contribution in [0.5, 0.6) is 0 Å². The van der Waals surface area contributed by atoms with Gasteiger partial charge in [-0.05, 0) is 39.3 Å². The third kappa shape index (κ3) is 4.38. The summed E-state index contributed by atoms with van der Waals surface area (Å²) in [7, 11) is 0. The van der Waals surface area contributed by atoms with Crippen LogP contribution >= 0.6 is 0 Å². The van der Waals surface area contributed by atoms with E-state index in [2.05, 4.69) is 15.5 Å². The van der Waals surface area contributed by atoms with Crippen molar-refractivity contribution < 1.29 is 18.8 Å². The molecule has 1 fully saturated rings. The lowest BCUT2D eigenvalue weighted by atomic mass is 10.2. The first-order valence-corrected chi connectivity index (χ1v) is 8.48. The van der Waals surface area contributed by atoms with Crippen LogP contribution in [-0.4, -0.2) is 51.8 Å². The average Bonchev–Trinajstić information content (AvgIpc) is 3.23. The molecule has 8 heteroatoms. The van der Waals surface area contributed by atoms with Gasteiger partial charge in [0.25, 0.3) is 5.91 Å². The summed E-state index contributed by atoms with van der Waals surface area (Å²) in [5.41, 5.74) is 0.848. The molecule has 0 aromatic carbocycles. The van der Waals surface area contributed by atoms with E-state index in [1.807, 2.05) is 20.8 Å². The zero-order valence-electron chi connectivity index (χ0n) is 15.1. The van der Waals surface area contributed by atoms with Gasteiger partial charge in [0.2, 0.25) is 5.76 Å². The minimum Gasteiger partial charge on any atom is -0.444 e. The van der Waals surface area contributed by atoms with Crippen molar-refractivity contribution in [1.29, 1.82) is 0 Å². The summed E-state index contributed by atoms with van der Waals surface area (Å²) in [5.74, 6) is -0.221. The Morgan fingerprint density at radius 1 is 1.31 bits per heavy atom. The van der Waals surface area contributed by atoms with Crippen LogP contribution in [0.25, 0.3) is 11.3 Å². The Kier molecular flexibility index (Phi) is 4.92. The van der Waals surface area contributed by atoms with Crippen LogP contribution in [0.1, 0.15) is 37.7 Å². The summed E-state index contributed by atoms with van der Waals surface area (Å²) < 4.78 is 10.5. The predicted octanol–water partition coefficient (Wildman–Crippen LogP) is 2.48. The molecular weight excluding hydrogens is 336 g/mol. The highest BCUT2D eigenvalue weighted by molar-refractivity contribution is 5.92. The Bertz CT molecular complexity index is 782. The van der Waals surface area contributed by atoms with Crippen molar-refractivity contribution in [1.82, 2.24) is 20.4 Å². The van der Waals surface area contributed by atoms with E-state index >= 15 is 0 Å². The van der Waals surface area contributed by atoms with E-state index in [0.29, 0.717) is 25.2 Å². The van der Waals surface area contributed by atoms with Gasteiger partial charge in [0.15, 0.2) is 0 Å². The van der Waals surface area contributed by atoms with Gasteiger partial charge in [-0.1, -0.05) is 5.16 Å². The quantitative estimate of drug-likeness (QED) is 0.905. The number of amides is 2. The molecule has 2 aromatic rings. The van der Waals surface area contributed by atoms with Crippen LogP contribution < -0.4 is 5.32 Å². The van der Waals surface area contributed by atoms with Crippen molar-refractivity contribution in [3.8, 4) is 11.3 Å². The summed E-state index contributed by atoms with van der Waals surface area (Å²) in [6.07, 6.45) is 3.59. The number of hydrogen-bond donors (Lipinski definition) is 1. The van der Waals surface area contributed by atoms with E-state index in [9.17, 15) is 9.59 Å². The molecule has 0 spiro atoms. The zero-order valence-corrected chi connectivity index (χ0v) is 15.1. The Balaban J connectivity index is 1.56. The van der Waals surface area contributed by atoms with Crippen molar-refractivity contribution in [3.63, 3.8) is 0 Å². The first kappa shape index (κ1) is 17.9. The van der Waals surface area contributed by atoms with Crippen LogP contribution in [0.2, 0.25) is 0 Å². The van der Waals surface area contributed by atoms with E-state index in [1.165, 1.54) is 0 Å². The number of nitrogens with one attached hydrogen (secondary N) is 1. The van der Waals surface area contributed by atoms with Gasteiger partial charge in [0, 0.05) is 43.2 Å². The van der Waals surface area contributed by atoms with Crippen LogP contribution in [0.15, 0.2) is 35.1 Å². The molecule has 0 unspecified atom stereocenters. The average molecular weight is 358 g/mol. The molecule has 3 rings (SSSR count). The number of ether oxygens (including phenoxy) is 1. The number of carbonyl (C=O) groups is 2. The monoisotopic (exact) mass is 358 g/mol. The fraction of sp³-hybridized carbons (Fsp3) is 0.444. The number of aromatic nitrogens is 2. The first-order chi connectivity index (χ1) is 12.3. The fourth-order valence-corrected chi connectivity index (χ4v) is 2.67. The van der Waals surface area contributed by atoms with Crippen molar-refractivity contribution in [2.24, 2.45) is 0 Å². The Labute approximate surface area is 151 Å². The summed E-state index contributed by atoms with van der Waals surface area (Å²) in [6, 6.07) is 5.01. The lowest BCUT2D eigenvalue weighted by Gasteiger charge is -2.24. The van der Waals surface area contributed by atoms with Crippen molar-refractivity contribution >= 4 is 12.0 Å². The highest BCUT2D eigenvalue weighted by Crippen LogP contribution is 2.19. The Morgan fingerprint density at radius 3 is 2.73 bits per heavy atom. The van der Waals surface area contributed by atoms with Gasteiger partial charge in [0.1, 0.15) is 11.3 Å². The van der Waals surface area contributed by atoms with Gasteiger partial charge >= 0.3 is 6.09 Å². The topological polar surface area (TPSA) is 97.6 Å². The van der Waals surface area contributed by atoms with Crippen molar-refractivity contribution in [3.05, 3.63) is 36.4 Å². The molecule has 2 aromatic heterocycles. The normalized spacial score (nSPS) is 17.2. The molecule has 0 radical (unpaired) electrons. The summed E-state index contributed by atoms with van der Waals surface area (Å²) >= 11 is 0. The molecule has 1 N–H and O–H groups in total. The smallest absolute Gasteiger partial charge is 0.410 e. The Hall–Kier alpha value is -2.90. The number of pyridine rings is 1. The number of nitrogens with zero attached hydrogens (tertiary/aromatic N) is 3. The predicted molar refractivity (Wildman–Crippen MR) is 93.4 cm³/mol. The van der Waals surface area contributed by atoms with E-state index in [1.54, 1.807) is 35.5 Å². The minimum absolute atomic E-state index is 0.132. The van der Waals surface area contributed by atoms with Gasteiger partial charge in [-0.25, -0.2) is 4.79 Å². The molecule has 3 heterocycles. The summed E-state index contributed by atoms with van der Waals surface area (Å²) in [6.45, 7) is 6.42. The second-order valence-corrected chi connectivity index (χ2v) is 7.20. The minimum atomic E-state index is -0.540. The first-order valence-electron chi connectivity index (χ1n) is 8.48. The highest BCUT2D eigenvalue weighted by Gasteiger charge is 2.31. The lowest BCUT2D eigenvalue weighted by Crippen LogP contribution is -2.40. The second kappa shape index (κ2) is 7.15. The molecule has 26 heavy (non-hydrogen) atoms. The van der Waals surface area contributed by atoms with Crippen LogP contribution in [0.4, 0.5) is 4.79 Å². The SMILES string of the molecule is CC(C)(C)OC(=O)N1CC[C@@H](NC(=O)c2cc(-c3ccncc3)no2)C1. The van der Waals surface area contributed by atoms with Gasteiger partial charge in [0.05, 0.1) is 0 Å². The Morgan fingerprint density at radius 2 is 2.04 bits per heavy atom. The van der Waals surface area contributed by atoms with Crippen LogP contribution in [0.3, 0.4) is 0 Å². The van der Waals surface area contributed by atoms with E-state index in [0.717, 1.165) is 5.56 Å². The second-order valence-electron chi connectivity index (χ2n) is 7.20. The molecule has 138 valence electrons. The number of likely N-dealkylation sites (tertiary alicyclic amines) is 1. The standard InChI is InChI=1S/C18H22N4O4/c1-18(2,3)25-17(24)22-9-6-13(11-22)20-16(23)15-10-14(21-26-15)12-4-7-19-8-5-12/h4-5,7-8,10,13H,6,9,11H2,1-3H3,(H,20,23)/t13-/m1/s1. The fourth-order valence-electron chi connectivity index (χ4n) is 2.67. The molecule has 0 bridgehead atoms. The van der Waals surface area contributed by atoms with E-state index in [4.69, 9.17) is 9.26 Å². The van der Waals surface area contributed by atoms with Crippen LogP contribution in [0, 0.1) is 0 Å². The maximum atomic E-state index is 12.4. The molecular formula is C18H22N4O4. The van der Waals surface area contributed by atoms with Gasteiger partial charge in [-0.3, -0.25) is 9.78 Å². The van der Waals surface area contributed by atoms with Crippen LogP contribution in [-0.2, 0) is 4.74 Å². The molecule has 1 aliphatic heterocycles. The van der Waals surface area contributed by atoms with Crippen molar-refractivity contribution in [2.75, 3.05) is 13.1 Å². The summed E-state index contributed by atoms with van der Waals surface area (Å²) in [4.78, 5) is 30.0. The molecule has 1 saturated heterocycles. The van der Waals surface area contributed by atoms with E-state index < -0.39 is 5.60 Å². The largest absolute Gasteiger partial charge is 0.444 e. The van der Waals surface area contributed by atoms with Gasteiger partial charge in [-0.2, -0.15) is 0 Å². The van der Waals surface area contributed by atoms with E-state index in [-0.39, 0.29) is 23.8 Å². The summed E-state index contributed by atoms with van der Waals surface area (Å²) in [5, 5.41) is 6.79. The maximum absolute atomic E-state index is 12.4. The molecule has 1 aliphatic rings. The third-order valence-corrected chi connectivity index (χ3v) is 3.89. The third-order valence-electron chi connectivity index (χ3n) is 3.89. The molecule has 0 saturated carbocycles. The molecule has 2 amide bonds. The molecule has 0 aliphatic carbocycles. The van der Waals surface area contributed by atoms with Gasteiger partial charge in [-0.15, -0.1) is 0 Å².